The first-order chi connectivity index (χ1) is 7.69. The van der Waals surface area contributed by atoms with Crippen LogP contribution in [0, 0.1) is 0 Å². The number of methoxy groups -OCH3 is 1. The number of nitrogens with two attached hydrogens (primary N) is 1. The average Bonchev–Trinajstić information content (AvgIpc) is 2.67. The maximum Gasteiger partial charge on any atom is 0.165 e. The number of ether oxygens (including phenoxy) is 2. The Labute approximate surface area is 93.4 Å². The summed E-state index contributed by atoms with van der Waals surface area (Å²) >= 11 is 0. The summed E-state index contributed by atoms with van der Waals surface area (Å²) in [7, 11) is 3.40. The van der Waals surface area contributed by atoms with Gasteiger partial charge in [0.15, 0.2) is 5.75 Å². The van der Waals surface area contributed by atoms with E-state index in [1.54, 1.807) is 42.4 Å². The Kier molecular flexibility index (Phi) is 2.68. The summed E-state index contributed by atoms with van der Waals surface area (Å²) in [6.45, 7) is 0. The number of rotatable bonds is 3. The van der Waals surface area contributed by atoms with E-state index in [0.717, 1.165) is 0 Å². The highest BCUT2D eigenvalue weighted by atomic mass is 16.5. The van der Waals surface area contributed by atoms with E-state index < -0.39 is 0 Å². The molecule has 0 aliphatic heterocycles. The van der Waals surface area contributed by atoms with Crippen molar-refractivity contribution in [1.29, 1.82) is 0 Å². The van der Waals surface area contributed by atoms with Gasteiger partial charge in [-0.1, -0.05) is 0 Å². The number of benzene rings is 1. The van der Waals surface area contributed by atoms with E-state index in [1.165, 1.54) is 0 Å². The molecular weight excluding hydrogens is 206 g/mol. The summed E-state index contributed by atoms with van der Waals surface area (Å²) in [6, 6.07) is 5.26. The lowest BCUT2D eigenvalue weighted by molar-refractivity contribution is 0.411. The second-order valence-electron chi connectivity index (χ2n) is 3.36. The first-order valence-corrected chi connectivity index (χ1v) is 4.79. The molecular formula is C11H13N3O2. The van der Waals surface area contributed by atoms with Gasteiger partial charge in [-0.05, 0) is 12.1 Å². The van der Waals surface area contributed by atoms with Crippen LogP contribution in [0.3, 0.4) is 0 Å². The lowest BCUT2D eigenvalue weighted by Gasteiger charge is -2.07. The van der Waals surface area contributed by atoms with Crippen molar-refractivity contribution in [2.45, 2.75) is 0 Å². The Morgan fingerprint density at radius 2 is 2.12 bits per heavy atom. The van der Waals surface area contributed by atoms with Gasteiger partial charge in [-0.25, -0.2) is 0 Å². The number of aryl methyl sites for hydroxylation is 1. The van der Waals surface area contributed by atoms with Crippen LogP contribution in [0.15, 0.2) is 30.6 Å². The van der Waals surface area contributed by atoms with Gasteiger partial charge >= 0.3 is 0 Å². The molecule has 84 valence electrons. The van der Waals surface area contributed by atoms with Crippen LogP contribution < -0.4 is 15.2 Å². The van der Waals surface area contributed by atoms with Crippen LogP contribution in [-0.4, -0.2) is 16.9 Å². The molecule has 0 radical (unpaired) electrons. The lowest BCUT2D eigenvalue weighted by Crippen LogP contribution is -1.92. The zero-order valence-corrected chi connectivity index (χ0v) is 9.18. The molecule has 0 unspecified atom stereocenters. The first kappa shape index (κ1) is 10.4. The molecule has 1 heterocycles. The van der Waals surface area contributed by atoms with E-state index in [0.29, 0.717) is 22.9 Å². The molecule has 5 heteroatoms. The van der Waals surface area contributed by atoms with Crippen LogP contribution in [0.25, 0.3) is 0 Å². The Bertz CT molecular complexity index is 494. The van der Waals surface area contributed by atoms with Crippen LogP contribution >= 0.6 is 0 Å². The maximum atomic E-state index is 5.70. The molecule has 0 saturated carbocycles. The van der Waals surface area contributed by atoms with Crippen molar-refractivity contribution < 1.29 is 9.47 Å². The zero-order valence-electron chi connectivity index (χ0n) is 9.18. The molecule has 16 heavy (non-hydrogen) atoms. The molecule has 2 N–H and O–H groups in total. The Morgan fingerprint density at radius 1 is 1.31 bits per heavy atom. The number of hydrogen-bond acceptors (Lipinski definition) is 4. The molecule has 0 saturated heterocycles. The van der Waals surface area contributed by atoms with Crippen molar-refractivity contribution in [3.63, 3.8) is 0 Å². The molecule has 1 aromatic carbocycles. The lowest BCUT2D eigenvalue weighted by atomic mass is 10.3. The molecule has 0 atom stereocenters. The summed E-state index contributed by atoms with van der Waals surface area (Å²) < 4.78 is 12.4. The van der Waals surface area contributed by atoms with Gasteiger partial charge in [-0.15, -0.1) is 0 Å². The molecule has 0 spiro atoms. The summed E-state index contributed by atoms with van der Waals surface area (Å²) in [5.74, 6) is 1.94. The Balaban J connectivity index is 2.21. The Morgan fingerprint density at radius 3 is 2.75 bits per heavy atom. The highest BCUT2D eigenvalue weighted by Gasteiger charge is 2.04. The molecule has 0 bridgehead atoms. The minimum atomic E-state index is 0.584. The van der Waals surface area contributed by atoms with Crippen molar-refractivity contribution in [3.8, 4) is 17.2 Å². The summed E-state index contributed by atoms with van der Waals surface area (Å²) in [6.07, 6.45) is 3.42. The molecule has 0 aliphatic carbocycles. The van der Waals surface area contributed by atoms with Gasteiger partial charge in [-0.2, -0.15) is 5.10 Å². The van der Waals surface area contributed by atoms with Gasteiger partial charge in [0.05, 0.1) is 25.2 Å². The average molecular weight is 219 g/mol. The van der Waals surface area contributed by atoms with Crippen LogP contribution in [0.1, 0.15) is 0 Å². The quantitative estimate of drug-likeness (QED) is 0.799. The Hall–Kier alpha value is -2.17. The fourth-order valence-corrected chi connectivity index (χ4v) is 1.34. The van der Waals surface area contributed by atoms with Crippen molar-refractivity contribution in [1.82, 2.24) is 9.78 Å². The van der Waals surface area contributed by atoms with E-state index in [4.69, 9.17) is 15.2 Å². The van der Waals surface area contributed by atoms with E-state index in [-0.39, 0.29) is 0 Å². The van der Waals surface area contributed by atoms with Crippen molar-refractivity contribution in [3.05, 3.63) is 30.6 Å². The summed E-state index contributed by atoms with van der Waals surface area (Å²) in [4.78, 5) is 0. The monoisotopic (exact) mass is 219 g/mol. The molecule has 2 aromatic rings. The van der Waals surface area contributed by atoms with Gasteiger partial charge in [0.25, 0.3) is 0 Å². The fraction of sp³-hybridized carbons (Fsp3) is 0.182. The fourth-order valence-electron chi connectivity index (χ4n) is 1.34. The van der Waals surface area contributed by atoms with Crippen LogP contribution in [0.5, 0.6) is 17.2 Å². The number of hydrogen-bond donors (Lipinski definition) is 1. The zero-order chi connectivity index (χ0) is 11.5. The third-order valence-electron chi connectivity index (χ3n) is 2.12. The highest BCUT2D eigenvalue weighted by Crippen LogP contribution is 2.29. The largest absolute Gasteiger partial charge is 0.494 e. The SMILES string of the molecule is COc1cc(Oc2cnn(C)c2)ccc1N. The summed E-state index contributed by atoms with van der Waals surface area (Å²) in [5.41, 5.74) is 6.28. The normalized spacial score (nSPS) is 10.1. The number of nitrogen functional groups attached to an aromatic ring is 1. The summed E-state index contributed by atoms with van der Waals surface area (Å²) in [5, 5.41) is 4.01. The maximum absolute atomic E-state index is 5.70. The molecule has 5 nitrogen and oxygen atoms in total. The van der Waals surface area contributed by atoms with Gasteiger partial charge in [0, 0.05) is 13.1 Å². The minimum absolute atomic E-state index is 0.584. The second-order valence-corrected chi connectivity index (χ2v) is 3.36. The van der Waals surface area contributed by atoms with E-state index >= 15 is 0 Å². The van der Waals surface area contributed by atoms with Crippen molar-refractivity contribution in [2.75, 3.05) is 12.8 Å². The van der Waals surface area contributed by atoms with Gasteiger partial charge in [-0.3, -0.25) is 4.68 Å². The van der Waals surface area contributed by atoms with Crippen LogP contribution in [-0.2, 0) is 7.05 Å². The molecule has 0 amide bonds. The number of anilines is 1. The molecule has 1 aromatic heterocycles. The predicted octanol–water partition coefficient (Wildman–Crippen LogP) is 1.80. The third-order valence-corrected chi connectivity index (χ3v) is 2.12. The molecule has 2 rings (SSSR count). The van der Waals surface area contributed by atoms with Gasteiger partial charge in [0.2, 0.25) is 0 Å². The molecule has 0 fully saturated rings. The topological polar surface area (TPSA) is 62.3 Å². The minimum Gasteiger partial charge on any atom is -0.494 e. The standard InChI is InChI=1S/C11H13N3O2/c1-14-7-9(6-13-14)16-8-3-4-10(12)11(5-8)15-2/h3-7H,12H2,1-2H3. The van der Waals surface area contributed by atoms with Gasteiger partial charge < -0.3 is 15.2 Å². The highest BCUT2D eigenvalue weighted by molar-refractivity contribution is 5.55. The van der Waals surface area contributed by atoms with Crippen molar-refractivity contribution >= 4 is 5.69 Å². The smallest absolute Gasteiger partial charge is 0.165 e. The number of nitrogens with zero attached hydrogens (tertiary/aromatic N) is 2. The second kappa shape index (κ2) is 4.14. The van der Waals surface area contributed by atoms with E-state index in [2.05, 4.69) is 5.10 Å². The van der Waals surface area contributed by atoms with Gasteiger partial charge in [0.1, 0.15) is 11.5 Å². The first-order valence-electron chi connectivity index (χ1n) is 4.79. The van der Waals surface area contributed by atoms with Crippen LogP contribution in [0.4, 0.5) is 5.69 Å². The predicted molar refractivity (Wildman–Crippen MR) is 60.7 cm³/mol. The van der Waals surface area contributed by atoms with Crippen LogP contribution in [0.2, 0.25) is 0 Å². The van der Waals surface area contributed by atoms with E-state index in [9.17, 15) is 0 Å². The van der Waals surface area contributed by atoms with E-state index in [1.807, 2.05) is 7.05 Å². The number of aromatic nitrogens is 2. The van der Waals surface area contributed by atoms with Crippen molar-refractivity contribution in [2.24, 2.45) is 7.05 Å². The molecule has 0 aliphatic rings. The third kappa shape index (κ3) is 2.08.